The van der Waals surface area contributed by atoms with Crippen molar-refractivity contribution in [3.05, 3.63) is 29.3 Å². The summed E-state index contributed by atoms with van der Waals surface area (Å²) in [7, 11) is 0. The number of rotatable bonds is 7. The van der Waals surface area contributed by atoms with Crippen LogP contribution in [0.4, 0.5) is 0 Å². The lowest BCUT2D eigenvalue weighted by atomic mass is 10.1. The van der Waals surface area contributed by atoms with Crippen LogP contribution >= 0.6 is 0 Å². The van der Waals surface area contributed by atoms with Gasteiger partial charge in [-0.2, -0.15) is 0 Å². The first-order valence-electron chi connectivity index (χ1n) is 7.27. The van der Waals surface area contributed by atoms with Crippen molar-refractivity contribution in [1.82, 2.24) is 5.32 Å². The maximum Gasteiger partial charge on any atom is 0.119 e. The number of hydrogen-bond acceptors (Lipinski definition) is 2. The summed E-state index contributed by atoms with van der Waals surface area (Å²) in [6, 6.07) is 7.12. The van der Waals surface area contributed by atoms with Gasteiger partial charge in [0, 0.05) is 6.04 Å². The van der Waals surface area contributed by atoms with E-state index in [1.807, 2.05) is 0 Å². The molecule has 0 spiro atoms. The van der Waals surface area contributed by atoms with Gasteiger partial charge in [0.2, 0.25) is 0 Å². The van der Waals surface area contributed by atoms with Gasteiger partial charge in [-0.05, 0) is 68.8 Å². The van der Waals surface area contributed by atoms with Crippen molar-refractivity contribution in [3.8, 4) is 5.75 Å². The maximum absolute atomic E-state index is 5.84. The van der Waals surface area contributed by atoms with E-state index < -0.39 is 0 Å². The molecule has 1 aromatic rings. The first kappa shape index (κ1) is 13.4. The third kappa shape index (κ3) is 3.74. The van der Waals surface area contributed by atoms with E-state index in [1.54, 1.807) is 0 Å². The second-order valence-electron chi connectivity index (χ2n) is 5.28. The monoisotopic (exact) mass is 247 g/mol. The standard InChI is InChI=1S/C16H25NO/c1-3-10-17-13(2)9-11-18-16-8-7-14-5-4-6-15(14)12-16/h7-8,12-13,17H,3-6,9-11H2,1-2H3. The van der Waals surface area contributed by atoms with Gasteiger partial charge in [-0.3, -0.25) is 0 Å². The molecule has 18 heavy (non-hydrogen) atoms. The molecule has 0 aromatic heterocycles. The van der Waals surface area contributed by atoms with Crippen LogP contribution in [0.15, 0.2) is 18.2 Å². The quantitative estimate of drug-likeness (QED) is 0.798. The molecule has 1 unspecified atom stereocenters. The number of nitrogens with one attached hydrogen (secondary N) is 1. The minimum Gasteiger partial charge on any atom is -0.494 e. The summed E-state index contributed by atoms with van der Waals surface area (Å²) in [6.45, 7) is 6.32. The van der Waals surface area contributed by atoms with Gasteiger partial charge in [0.25, 0.3) is 0 Å². The summed E-state index contributed by atoms with van der Waals surface area (Å²) in [5, 5.41) is 3.48. The van der Waals surface area contributed by atoms with Crippen molar-refractivity contribution < 1.29 is 4.74 Å². The van der Waals surface area contributed by atoms with Crippen molar-refractivity contribution in [3.63, 3.8) is 0 Å². The van der Waals surface area contributed by atoms with Gasteiger partial charge in [-0.25, -0.2) is 0 Å². The summed E-state index contributed by atoms with van der Waals surface area (Å²) >= 11 is 0. The molecule has 1 atom stereocenters. The molecule has 0 aliphatic heterocycles. The van der Waals surface area contributed by atoms with Crippen LogP contribution in [0, 0.1) is 0 Å². The summed E-state index contributed by atoms with van der Waals surface area (Å²) in [5.41, 5.74) is 3.00. The molecule has 1 aromatic carbocycles. The molecule has 0 amide bonds. The Labute approximate surface area is 111 Å². The molecule has 0 saturated carbocycles. The molecule has 2 heteroatoms. The second-order valence-corrected chi connectivity index (χ2v) is 5.28. The zero-order valence-electron chi connectivity index (χ0n) is 11.7. The lowest BCUT2D eigenvalue weighted by Crippen LogP contribution is -2.28. The van der Waals surface area contributed by atoms with E-state index in [2.05, 4.69) is 37.4 Å². The van der Waals surface area contributed by atoms with E-state index in [9.17, 15) is 0 Å². The van der Waals surface area contributed by atoms with Gasteiger partial charge in [-0.15, -0.1) is 0 Å². The molecule has 0 bridgehead atoms. The minimum atomic E-state index is 0.541. The van der Waals surface area contributed by atoms with E-state index in [0.29, 0.717) is 6.04 Å². The van der Waals surface area contributed by atoms with Crippen LogP contribution in [-0.2, 0) is 12.8 Å². The Morgan fingerprint density at radius 2 is 2.11 bits per heavy atom. The largest absolute Gasteiger partial charge is 0.494 e. The molecule has 1 aliphatic carbocycles. The number of fused-ring (bicyclic) bond motifs is 1. The highest BCUT2D eigenvalue weighted by Gasteiger charge is 2.11. The molecule has 0 heterocycles. The van der Waals surface area contributed by atoms with Gasteiger partial charge < -0.3 is 10.1 Å². The van der Waals surface area contributed by atoms with Gasteiger partial charge in [0.15, 0.2) is 0 Å². The Kier molecular flexibility index (Phi) is 5.06. The van der Waals surface area contributed by atoms with E-state index in [4.69, 9.17) is 4.74 Å². The van der Waals surface area contributed by atoms with Crippen LogP contribution in [0.1, 0.15) is 44.2 Å². The summed E-state index contributed by atoms with van der Waals surface area (Å²) in [5.74, 6) is 1.04. The highest BCUT2D eigenvalue weighted by atomic mass is 16.5. The lowest BCUT2D eigenvalue weighted by Gasteiger charge is -2.14. The first-order valence-corrected chi connectivity index (χ1v) is 7.27. The Bertz CT molecular complexity index is 375. The Morgan fingerprint density at radius 3 is 2.94 bits per heavy atom. The summed E-state index contributed by atoms with van der Waals surface area (Å²) in [6.07, 6.45) is 6.03. The third-order valence-electron chi connectivity index (χ3n) is 3.63. The van der Waals surface area contributed by atoms with Crippen LogP contribution in [-0.4, -0.2) is 19.2 Å². The Morgan fingerprint density at radius 1 is 1.28 bits per heavy atom. The van der Waals surface area contributed by atoms with E-state index in [0.717, 1.165) is 25.3 Å². The van der Waals surface area contributed by atoms with Crippen molar-refractivity contribution in [2.75, 3.05) is 13.2 Å². The predicted molar refractivity (Wildman–Crippen MR) is 76.3 cm³/mol. The number of ether oxygens (including phenoxy) is 1. The predicted octanol–water partition coefficient (Wildman–Crippen LogP) is 3.33. The zero-order chi connectivity index (χ0) is 12.8. The van der Waals surface area contributed by atoms with Crippen molar-refractivity contribution >= 4 is 0 Å². The van der Waals surface area contributed by atoms with Gasteiger partial charge in [0.05, 0.1) is 6.61 Å². The van der Waals surface area contributed by atoms with Crippen LogP contribution < -0.4 is 10.1 Å². The number of aryl methyl sites for hydroxylation is 2. The van der Waals surface area contributed by atoms with Crippen molar-refractivity contribution in [2.24, 2.45) is 0 Å². The fourth-order valence-corrected chi connectivity index (χ4v) is 2.48. The topological polar surface area (TPSA) is 21.3 Å². The average Bonchev–Trinajstić information content (AvgIpc) is 2.83. The zero-order valence-corrected chi connectivity index (χ0v) is 11.7. The maximum atomic E-state index is 5.84. The minimum absolute atomic E-state index is 0.541. The highest BCUT2D eigenvalue weighted by Crippen LogP contribution is 2.26. The normalized spacial score (nSPS) is 15.4. The fourth-order valence-electron chi connectivity index (χ4n) is 2.48. The molecular formula is C16H25NO. The van der Waals surface area contributed by atoms with E-state index in [-0.39, 0.29) is 0 Å². The molecule has 0 saturated heterocycles. The molecule has 100 valence electrons. The smallest absolute Gasteiger partial charge is 0.119 e. The van der Waals surface area contributed by atoms with Crippen LogP contribution in [0.25, 0.3) is 0 Å². The molecule has 2 nitrogen and oxygen atoms in total. The van der Waals surface area contributed by atoms with Gasteiger partial charge in [0.1, 0.15) is 5.75 Å². The molecular weight excluding hydrogens is 222 g/mol. The van der Waals surface area contributed by atoms with Crippen LogP contribution in [0.2, 0.25) is 0 Å². The van der Waals surface area contributed by atoms with Gasteiger partial charge in [-0.1, -0.05) is 13.0 Å². The number of hydrogen-bond donors (Lipinski definition) is 1. The highest BCUT2D eigenvalue weighted by molar-refractivity contribution is 5.38. The van der Waals surface area contributed by atoms with Crippen molar-refractivity contribution in [2.45, 2.75) is 52.0 Å². The van der Waals surface area contributed by atoms with Crippen LogP contribution in [0.3, 0.4) is 0 Å². The van der Waals surface area contributed by atoms with Crippen LogP contribution in [0.5, 0.6) is 5.75 Å². The first-order chi connectivity index (χ1) is 8.79. The second kappa shape index (κ2) is 6.79. The molecule has 1 aliphatic rings. The van der Waals surface area contributed by atoms with Gasteiger partial charge >= 0.3 is 0 Å². The van der Waals surface area contributed by atoms with E-state index >= 15 is 0 Å². The third-order valence-corrected chi connectivity index (χ3v) is 3.63. The fraction of sp³-hybridized carbons (Fsp3) is 0.625. The lowest BCUT2D eigenvalue weighted by molar-refractivity contribution is 0.290. The average molecular weight is 247 g/mol. The summed E-state index contributed by atoms with van der Waals surface area (Å²) < 4.78 is 5.84. The molecule has 2 rings (SSSR count). The molecule has 1 N–H and O–H groups in total. The Balaban J connectivity index is 1.73. The number of benzene rings is 1. The molecule has 0 radical (unpaired) electrons. The Hall–Kier alpha value is -1.02. The molecule has 0 fully saturated rings. The van der Waals surface area contributed by atoms with Crippen molar-refractivity contribution in [1.29, 1.82) is 0 Å². The summed E-state index contributed by atoms with van der Waals surface area (Å²) in [4.78, 5) is 0. The van der Waals surface area contributed by atoms with E-state index in [1.165, 1.54) is 36.8 Å². The SMILES string of the molecule is CCCNC(C)CCOc1ccc2c(c1)CCC2.